The van der Waals surface area contributed by atoms with Crippen LogP contribution in [0.4, 0.5) is 0 Å². The highest BCUT2D eigenvalue weighted by atomic mass is 16.5. The Morgan fingerprint density at radius 2 is 1.84 bits per heavy atom. The van der Waals surface area contributed by atoms with Crippen molar-refractivity contribution in [1.82, 2.24) is 0 Å². The van der Waals surface area contributed by atoms with Crippen molar-refractivity contribution in [3.8, 4) is 0 Å². The first-order chi connectivity index (χ1) is 8.48. The number of esters is 1. The molecular weight excluding hydrogens is 244 g/mol. The van der Waals surface area contributed by atoms with Crippen LogP contribution in [0.5, 0.6) is 0 Å². The Kier molecular flexibility index (Phi) is 4.23. The van der Waals surface area contributed by atoms with Crippen molar-refractivity contribution in [2.24, 2.45) is 22.7 Å². The van der Waals surface area contributed by atoms with Crippen LogP contribution in [0.15, 0.2) is 0 Å². The van der Waals surface area contributed by atoms with E-state index in [2.05, 4.69) is 0 Å². The van der Waals surface area contributed by atoms with Gasteiger partial charge in [0.25, 0.3) is 0 Å². The summed E-state index contributed by atoms with van der Waals surface area (Å²) in [5.74, 6) is -1.16. The summed E-state index contributed by atoms with van der Waals surface area (Å²) in [5, 5.41) is 0. The third kappa shape index (κ3) is 3.23. The van der Waals surface area contributed by atoms with Crippen molar-refractivity contribution in [3.05, 3.63) is 0 Å². The molecule has 2 unspecified atom stereocenters. The van der Waals surface area contributed by atoms with Crippen molar-refractivity contribution in [3.63, 3.8) is 0 Å². The Bertz CT molecular complexity index is 401. The molecule has 2 atom stereocenters. The second-order valence-corrected chi connectivity index (χ2v) is 7.09. The van der Waals surface area contributed by atoms with Gasteiger partial charge in [0.1, 0.15) is 5.78 Å². The van der Waals surface area contributed by atoms with E-state index >= 15 is 0 Å². The molecule has 0 aliphatic heterocycles. The molecule has 0 heterocycles. The molecule has 1 aliphatic carbocycles. The van der Waals surface area contributed by atoms with Crippen LogP contribution in [0.2, 0.25) is 0 Å². The fourth-order valence-corrected chi connectivity index (χ4v) is 2.27. The molecule has 0 aromatic heterocycles. The average molecular weight is 268 g/mol. The highest BCUT2D eigenvalue weighted by Gasteiger charge is 2.46. The van der Waals surface area contributed by atoms with Crippen molar-refractivity contribution < 1.29 is 19.1 Å². The minimum Gasteiger partial charge on any atom is -0.460 e. The lowest BCUT2D eigenvalue weighted by Gasteiger charge is -2.29. The number of carbonyl (C=O) groups is 3. The quantitative estimate of drug-likeness (QED) is 0.582. The van der Waals surface area contributed by atoms with E-state index in [0.717, 1.165) is 0 Å². The summed E-state index contributed by atoms with van der Waals surface area (Å²) in [4.78, 5) is 35.1. The average Bonchev–Trinajstić information content (AvgIpc) is 2.47. The number of rotatable bonds is 3. The zero-order valence-corrected chi connectivity index (χ0v) is 12.7. The summed E-state index contributed by atoms with van der Waals surface area (Å²) in [5.41, 5.74) is -0.923. The molecule has 0 saturated heterocycles. The number of ketones is 2. The molecule has 1 saturated carbocycles. The number of ether oxygens (including phenoxy) is 1. The van der Waals surface area contributed by atoms with E-state index in [4.69, 9.17) is 4.74 Å². The first-order valence-electron chi connectivity index (χ1n) is 6.72. The molecule has 0 aromatic rings. The van der Waals surface area contributed by atoms with Crippen LogP contribution in [0.25, 0.3) is 0 Å². The van der Waals surface area contributed by atoms with Gasteiger partial charge in [-0.1, -0.05) is 41.5 Å². The van der Waals surface area contributed by atoms with Gasteiger partial charge in [0.15, 0.2) is 0 Å². The maximum Gasteiger partial charge on any atom is 0.375 e. The fourth-order valence-electron chi connectivity index (χ4n) is 2.27. The van der Waals surface area contributed by atoms with Crippen LogP contribution in [-0.4, -0.2) is 24.1 Å². The summed E-state index contributed by atoms with van der Waals surface area (Å²) in [6, 6.07) is 0. The van der Waals surface area contributed by atoms with Crippen LogP contribution in [0, 0.1) is 22.7 Å². The second-order valence-electron chi connectivity index (χ2n) is 7.09. The molecule has 1 fully saturated rings. The minimum absolute atomic E-state index is 0.00767. The van der Waals surface area contributed by atoms with Gasteiger partial charge >= 0.3 is 5.97 Å². The van der Waals surface area contributed by atoms with Crippen LogP contribution < -0.4 is 0 Å². The smallest absolute Gasteiger partial charge is 0.375 e. The van der Waals surface area contributed by atoms with Crippen LogP contribution in [0.3, 0.4) is 0 Å². The predicted molar refractivity (Wildman–Crippen MR) is 71.5 cm³/mol. The molecular formula is C15H24O4. The summed E-state index contributed by atoms with van der Waals surface area (Å²) in [7, 11) is 0. The van der Waals surface area contributed by atoms with Crippen LogP contribution in [0.1, 0.15) is 48.0 Å². The van der Waals surface area contributed by atoms with Crippen molar-refractivity contribution in [2.75, 3.05) is 6.61 Å². The summed E-state index contributed by atoms with van der Waals surface area (Å²) in [6.45, 7) is 11.1. The molecule has 0 aromatic carbocycles. The summed E-state index contributed by atoms with van der Waals surface area (Å²) in [6.07, 6.45) is 0.422. The van der Waals surface area contributed by atoms with E-state index in [9.17, 15) is 14.4 Å². The normalized spacial score (nSPS) is 26.3. The molecule has 4 nitrogen and oxygen atoms in total. The molecule has 4 heteroatoms. The molecule has 0 N–H and O–H groups in total. The van der Waals surface area contributed by atoms with Crippen molar-refractivity contribution in [2.45, 2.75) is 48.0 Å². The SMILES string of the molecule is CC1C(=O)CC(COC(=O)C(=O)C(C)(C)C)C1(C)C. The lowest BCUT2D eigenvalue weighted by atomic mass is 9.76. The number of hydrogen-bond acceptors (Lipinski definition) is 4. The summed E-state index contributed by atoms with van der Waals surface area (Å²) >= 11 is 0. The standard InChI is InChI=1S/C15H24O4/c1-9-11(16)7-10(15(9,5)6)8-19-13(18)12(17)14(2,3)4/h9-10H,7-8H2,1-6H3. The Hall–Kier alpha value is -1.19. The zero-order valence-electron chi connectivity index (χ0n) is 12.7. The Morgan fingerprint density at radius 3 is 2.21 bits per heavy atom. The van der Waals surface area contributed by atoms with E-state index in [0.29, 0.717) is 6.42 Å². The maximum atomic E-state index is 11.7. The highest BCUT2D eigenvalue weighted by molar-refractivity contribution is 6.35. The lowest BCUT2D eigenvalue weighted by molar-refractivity contribution is -0.159. The topological polar surface area (TPSA) is 60.4 Å². The molecule has 19 heavy (non-hydrogen) atoms. The Morgan fingerprint density at radius 1 is 1.32 bits per heavy atom. The Labute approximate surface area is 114 Å². The van der Waals surface area contributed by atoms with Gasteiger partial charge in [-0.05, 0) is 5.41 Å². The molecule has 0 radical (unpaired) electrons. The number of hydrogen-bond donors (Lipinski definition) is 0. The minimum atomic E-state index is -0.796. The first-order valence-corrected chi connectivity index (χ1v) is 6.72. The third-order valence-electron chi connectivity index (χ3n) is 4.38. The van der Waals surface area contributed by atoms with Gasteiger partial charge in [-0.25, -0.2) is 4.79 Å². The highest BCUT2D eigenvalue weighted by Crippen LogP contribution is 2.45. The predicted octanol–water partition coefficient (Wildman–Crippen LogP) is 2.40. The molecule has 0 bridgehead atoms. The molecule has 108 valence electrons. The van der Waals surface area contributed by atoms with Crippen LogP contribution in [-0.2, 0) is 19.1 Å². The lowest BCUT2D eigenvalue weighted by Crippen LogP contribution is -2.33. The van der Waals surface area contributed by atoms with E-state index < -0.39 is 17.2 Å². The third-order valence-corrected chi connectivity index (χ3v) is 4.38. The van der Waals surface area contributed by atoms with Gasteiger partial charge in [-0.15, -0.1) is 0 Å². The number of Topliss-reactive ketones (excluding diaryl/α,β-unsaturated/α-hetero) is 2. The van der Waals surface area contributed by atoms with Gasteiger partial charge in [0, 0.05) is 23.7 Å². The second kappa shape index (κ2) is 5.06. The molecule has 1 aliphatic rings. The monoisotopic (exact) mass is 268 g/mol. The zero-order chi connectivity index (χ0) is 15.0. The van der Waals surface area contributed by atoms with E-state index in [-0.39, 0.29) is 29.6 Å². The molecule has 0 amide bonds. The van der Waals surface area contributed by atoms with Gasteiger partial charge in [-0.2, -0.15) is 0 Å². The van der Waals surface area contributed by atoms with E-state index in [1.807, 2.05) is 20.8 Å². The van der Waals surface area contributed by atoms with Gasteiger partial charge in [0.05, 0.1) is 6.61 Å². The largest absolute Gasteiger partial charge is 0.460 e. The van der Waals surface area contributed by atoms with Crippen molar-refractivity contribution in [1.29, 1.82) is 0 Å². The van der Waals surface area contributed by atoms with Crippen molar-refractivity contribution >= 4 is 17.5 Å². The van der Waals surface area contributed by atoms with Gasteiger partial charge < -0.3 is 4.74 Å². The fraction of sp³-hybridized carbons (Fsp3) is 0.800. The van der Waals surface area contributed by atoms with Gasteiger partial charge in [-0.3, -0.25) is 9.59 Å². The molecule has 0 spiro atoms. The summed E-state index contributed by atoms with van der Waals surface area (Å²) < 4.78 is 5.11. The first kappa shape index (κ1) is 15.9. The maximum absolute atomic E-state index is 11.7. The van der Waals surface area contributed by atoms with Gasteiger partial charge in [0.2, 0.25) is 5.78 Å². The van der Waals surface area contributed by atoms with Crippen LogP contribution >= 0.6 is 0 Å². The molecule has 1 rings (SSSR count). The van der Waals surface area contributed by atoms with E-state index in [1.165, 1.54) is 0 Å². The Balaban J connectivity index is 2.62. The number of carbonyl (C=O) groups excluding carboxylic acids is 3. The van der Waals surface area contributed by atoms with E-state index in [1.54, 1.807) is 20.8 Å².